The molecule has 0 unspecified atom stereocenters. The molecule has 0 saturated carbocycles. The molecule has 2 amide bonds. The first-order valence-electron chi connectivity index (χ1n) is 13.1. The lowest BCUT2D eigenvalue weighted by atomic mass is 9.91. The zero-order chi connectivity index (χ0) is 27.5. The van der Waals surface area contributed by atoms with E-state index in [2.05, 4.69) is 54.8 Å². The number of benzene rings is 1. The van der Waals surface area contributed by atoms with Crippen molar-refractivity contribution >= 4 is 50.8 Å². The number of Topliss-reactive ketones (excluding diaryl/α,β-unsaturated/α-hetero) is 1. The molecule has 0 radical (unpaired) electrons. The normalized spacial score (nSPS) is 13.8. The summed E-state index contributed by atoms with van der Waals surface area (Å²) in [4.78, 5) is 45.3. The minimum absolute atomic E-state index is 0.0319. The summed E-state index contributed by atoms with van der Waals surface area (Å²) in [6, 6.07) is 5.33. The van der Waals surface area contributed by atoms with Crippen molar-refractivity contribution in [2.75, 3.05) is 26.7 Å². The van der Waals surface area contributed by atoms with Gasteiger partial charge in [-0.3, -0.25) is 19.3 Å². The van der Waals surface area contributed by atoms with Gasteiger partial charge in [0.15, 0.2) is 5.78 Å². The van der Waals surface area contributed by atoms with Crippen molar-refractivity contribution in [1.29, 1.82) is 0 Å². The average Bonchev–Trinajstić information content (AvgIpc) is 3.29. The smallest absolute Gasteiger partial charge is 0.224 e. The van der Waals surface area contributed by atoms with Crippen molar-refractivity contribution in [2.45, 2.75) is 65.8 Å². The zero-order valence-corrected chi connectivity index (χ0v) is 24.3. The maximum Gasteiger partial charge on any atom is 0.224 e. The summed E-state index contributed by atoms with van der Waals surface area (Å²) in [6.07, 6.45) is 2.13. The molecule has 0 saturated heterocycles. The second-order valence-corrected chi connectivity index (χ2v) is 11.1. The summed E-state index contributed by atoms with van der Waals surface area (Å²) in [6.45, 7) is 14.6. The first kappa shape index (κ1) is 30.9. The fraction of sp³-hybridized carbons (Fsp3) is 0.571. The maximum atomic E-state index is 13.5. The quantitative estimate of drug-likeness (QED) is 0.287. The number of likely N-dealkylation sites (N-methyl/N-ethyl adjacent to an activating group) is 1. The summed E-state index contributed by atoms with van der Waals surface area (Å²) >= 11 is 7.60. The van der Waals surface area contributed by atoms with E-state index in [1.54, 1.807) is 13.1 Å². The number of halogens is 1. The van der Waals surface area contributed by atoms with Crippen LogP contribution in [0.3, 0.4) is 0 Å². The molecule has 2 N–H and O–H groups in total. The fourth-order valence-electron chi connectivity index (χ4n) is 4.18. The van der Waals surface area contributed by atoms with Crippen molar-refractivity contribution in [2.24, 2.45) is 11.8 Å². The minimum atomic E-state index is -0.573. The second-order valence-electron chi connectivity index (χ2n) is 9.53. The van der Waals surface area contributed by atoms with E-state index in [0.29, 0.717) is 36.4 Å². The number of fused-ring (bicyclic) bond motifs is 1. The lowest BCUT2D eigenvalue weighted by Crippen LogP contribution is -2.44. The van der Waals surface area contributed by atoms with Crippen LogP contribution in [0.15, 0.2) is 30.4 Å². The molecule has 1 aromatic carbocycles. The molecule has 9 heteroatoms. The number of carbonyl (C=O) groups is 3. The molecule has 1 aromatic heterocycles. The molecule has 7 nitrogen and oxygen atoms in total. The number of hydrogen-bond donors (Lipinski definition) is 2. The molecule has 204 valence electrons. The van der Waals surface area contributed by atoms with Crippen molar-refractivity contribution in [3.05, 3.63) is 40.4 Å². The number of amides is 2. The molecule has 0 spiro atoms. The number of carbonyl (C=O) groups excluding carboxylic acids is 3. The van der Waals surface area contributed by atoms with Gasteiger partial charge in [0.05, 0.1) is 21.1 Å². The highest BCUT2D eigenvalue weighted by atomic mass is 35.5. The number of hydrogen-bond acceptors (Lipinski definition) is 6. The van der Waals surface area contributed by atoms with Gasteiger partial charge >= 0.3 is 0 Å². The summed E-state index contributed by atoms with van der Waals surface area (Å²) < 4.78 is 0.947. The Labute approximate surface area is 230 Å². The van der Waals surface area contributed by atoms with E-state index < -0.39 is 5.92 Å². The van der Waals surface area contributed by atoms with Crippen molar-refractivity contribution in [3.8, 4) is 0 Å². The number of aromatic nitrogens is 1. The molecular formula is C28H41ClN4O3S. The van der Waals surface area contributed by atoms with Gasteiger partial charge in [0.1, 0.15) is 0 Å². The molecule has 37 heavy (non-hydrogen) atoms. The topological polar surface area (TPSA) is 91.4 Å². The largest absolute Gasteiger partial charge is 0.359 e. The van der Waals surface area contributed by atoms with E-state index in [4.69, 9.17) is 11.6 Å². The average molecular weight is 549 g/mol. The highest BCUT2D eigenvalue weighted by molar-refractivity contribution is 7.18. The zero-order valence-electron chi connectivity index (χ0n) is 22.7. The van der Waals surface area contributed by atoms with Crippen molar-refractivity contribution < 1.29 is 14.4 Å². The van der Waals surface area contributed by atoms with Crippen LogP contribution in [0.4, 0.5) is 0 Å². The molecule has 2 aromatic rings. The number of nitrogens with zero attached hydrogens (tertiary/aromatic N) is 2. The van der Waals surface area contributed by atoms with Crippen LogP contribution in [-0.2, 0) is 20.8 Å². The Morgan fingerprint density at radius 2 is 1.89 bits per heavy atom. The predicted octanol–water partition coefficient (Wildman–Crippen LogP) is 5.02. The van der Waals surface area contributed by atoms with E-state index in [9.17, 15) is 14.4 Å². The Bertz CT molecular complexity index is 1080. The van der Waals surface area contributed by atoms with Crippen LogP contribution in [0.2, 0.25) is 5.02 Å². The van der Waals surface area contributed by atoms with Gasteiger partial charge in [-0.15, -0.1) is 11.3 Å². The van der Waals surface area contributed by atoms with Gasteiger partial charge in [0.25, 0.3) is 0 Å². The van der Waals surface area contributed by atoms with E-state index in [1.807, 2.05) is 12.1 Å². The van der Waals surface area contributed by atoms with Gasteiger partial charge in [0.2, 0.25) is 11.8 Å². The second kappa shape index (κ2) is 15.2. The lowest BCUT2D eigenvalue weighted by Gasteiger charge is -2.27. The lowest BCUT2D eigenvalue weighted by molar-refractivity contribution is -0.131. The Balaban J connectivity index is 2.12. The Morgan fingerprint density at radius 1 is 1.19 bits per heavy atom. The molecule has 3 atom stereocenters. The Hall–Kier alpha value is -2.29. The van der Waals surface area contributed by atoms with Crippen LogP contribution in [0.5, 0.6) is 0 Å². The fourth-order valence-corrected chi connectivity index (χ4v) is 5.50. The highest BCUT2D eigenvalue weighted by Gasteiger charge is 2.28. The van der Waals surface area contributed by atoms with E-state index in [1.165, 1.54) is 11.3 Å². The third kappa shape index (κ3) is 9.51. The standard InChI is InChI=1S/C28H41ClN4O3S/c1-7-18(4)22(12-13-24(34)19(5)17-33(8-2)9-3)32-28(36)20(14-26(35)30-6)15-27-31-23-11-10-21(29)16-25(23)37-27/h10-11,16,18,20,22H,5,7-9,12-15,17H2,1-4,6H3,(H,30,35)(H,32,36)/t18-,20-,22+/m0/s1. The summed E-state index contributed by atoms with van der Waals surface area (Å²) in [5.74, 6) is -0.758. The van der Waals surface area contributed by atoms with Gasteiger partial charge < -0.3 is 10.6 Å². The number of thiazole rings is 1. The molecule has 0 bridgehead atoms. The van der Waals surface area contributed by atoms with E-state index in [0.717, 1.165) is 34.7 Å². The van der Waals surface area contributed by atoms with E-state index >= 15 is 0 Å². The Kier molecular flexibility index (Phi) is 12.7. The monoisotopic (exact) mass is 548 g/mol. The number of nitrogens with one attached hydrogen (secondary N) is 2. The molecular weight excluding hydrogens is 508 g/mol. The first-order chi connectivity index (χ1) is 17.6. The van der Waals surface area contributed by atoms with E-state index in [-0.39, 0.29) is 36.0 Å². The Morgan fingerprint density at radius 3 is 2.51 bits per heavy atom. The first-order valence-corrected chi connectivity index (χ1v) is 14.3. The predicted molar refractivity (Wildman–Crippen MR) is 153 cm³/mol. The van der Waals surface area contributed by atoms with Crippen LogP contribution in [0.1, 0.15) is 58.4 Å². The minimum Gasteiger partial charge on any atom is -0.359 e. The van der Waals surface area contributed by atoms with Gasteiger partial charge in [-0.2, -0.15) is 0 Å². The van der Waals surface area contributed by atoms with Gasteiger partial charge in [0, 0.05) is 49.5 Å². The van der Waals surface area contributed by atoms with Crippen LogP contribution >= 0.6 is 22.9 Å². The SMILES string of the molecule is C=C(CN(CC)CC)C(=O)CC[C@@H](NC(=O)[C@@H](CC(=O)NC)Cc1nc2ccc(Cl)cc2s1)[C@@H](C)CC. The van der Waals surface area contributed by atoms with Crippen LogP contribution in [-0.4, -0.2) is 60.2 Å². The van der Waals surface area contributed by atoms with Crippen molar-refractivity contribution in [1.82, 2.24) is 20.5 Å². The molecule has 0 aliphatic rings. The number of rotatable bonds is 16. The van der Waals surface area contributed by atoms with Crippen molar-refractivity contribution in [3.63, 3.8) is 0 Å². The maximum absolute atomic E-state index is 13.5. The molecule has 2 rings (SSSR count). The summed E-state index contributed by atoms with van der Waals surface area (Å²) in [5.41, 5.74) is 1.43. The highest BCUT2D eigenvalue weighted by Crippen LogP contribution is 2.28. The van der Waals surface area contributed by atoms with Crippen LogP contribution in [0.25, 0.3) is 10.2 Å². The molecule has 0 fully saturated rings. The summed E-state index contributed by atoms with van der Waals surface area (Å²) in [7, 11) is 1.57. The van der Waals surface area contributed by atoms with Gasteiger partial charge in [-0.1, -0.05) is 52.3 Å². The van der Waals surface area contributed by atoms with Crippen LogP contribution < -0.4 is 10.6 Å². The number of ketones is 1. The van der Waals surface area contributed by atoms with Gasteiger partial charge in [-0.25, -0.2) is 4.98 Å². The molecule has 0 aliphatic carbocycles. The molecule has 1 heterocycles. The third-order valence-corrected chi connectivity index (χ3v) is 8.22. The van der Waals surface area contributed by atoms with Crippen LogP contribution in [0, 0.1) is 11.8 Å². The third-order valence-electron chi connectivity index (χ3n) is 6.94. The molecule has 0 aliphatic heterocycles. The summed E-state index contributed by atoms with van der Waals surface area (Å²) in [5, 5.41) is 7.20. The van der Waals surface area contributed by atoms with Gasteiger partial charge in [-0.05, 0) is 43.6 Å².